The van der Waals surface area contributed by atoms with Crippen LogP contribution in [0, 0.1) is 0 Å². The summed E-state index contributed by atoms with van der Waals surface area (Å²) >= 11 is 1.99. The van der Waals surface area contributed by atoms with E-state index in [4.69, 9.17) is 10.5 Å². The van der Waals surface area contributed by atoms with Crippen molar-refractivity contribution in [1.82, 2.24) is 0 Å². The van der Waals surface area contributed by atoms with Crippen molar-refractivity contribution >= 4 is 29.1 Å². The summed E-state index contributed by atoms with van der Waals surface area (Å²) in [6.45, 7) is 3.03. The van der Waals surface area contributed by atoms with Crippen LogP contribution in [0.2, 0.25) is 0 Å². The number of nitrogens with two attached hydrogens (primary N) is 1. The van der Waals surface area contributed by atoms with E-state index < -0.39 is 0 Å². The summed E-state index contributed by atoms with van der Waals surface area (Å²) in [6.07, 6.45) is 2.53. The number of carbonyl (C=O) groups excluding carboxylic acids is 1. The van der Waals surface area contributed by atoms with E-state index in [0.717, 1.165) is 12.2 Å². The summed E-state index contributed by atoms with van der Waals surface area (Å²) in [4.78, 5) is 11.7. The van der Waals surface area contributed by atoms with E-state index in [1.165, 1.54) is 18.6 Å². The molecular weight excluding hydrogens is 260 g/mol. The van der Waals surface area contributed by atoms with E-state index in [2.05, 4.69) is 5.32 Å². The van der Waals surface area contributed by atoms with Gasteiger partial charge in [0.1, 0.15) is 0 Å². The number of ether oxygens (including phenoxy) is 1. The van der Waals surface area contributed by atoms with Gasteiger partial charge in [-0.1, -0.05) is 6.07 Å². The number of hydrogen-bond donors (Lipinski definition) is 2. The summed E-state index contributed by atoms with van der Waals surface area (Å²) in [5, 5.41) is 3.98. The average molecular weight is 280 g/mol. The molecule has 1 aliphatic rings. The standard InChI is InChI=1S/C14H20N2O2S/c1-2-18-14(17)11-6-3-7-12(13(11)15)16-9-10-5-4-8-19-10/h3,6-7,10,16H,2,4-5,8-9,15H2,1H3. The Hall–Kier alpha value is -1.36. The van der Waals surface area contributed by atoms with Gasteiger partial charge in [0.25, 0.3) is 0 Å². The Morgan fingerprint density at radius 1 is 1.58 bits per heavy atom. The molecule has 1 heterocycles. The lowest BCUT2D eigenvalue weighted by atomic mass is 10.1. The van der Waals surface area contributed by atoms with Crippen LogP contribution in [-0.4, -0.2) is 30.1 Å². The second-order valence-electron chi connectivity index (χ2n) is 4.50. The van der Waals surface area contributed by atoms with Crippen LogP contribution in [0.15, 0.2) is 18.2 Å². The van der Waals surface area contributed by atoms with Gasteiger partial charge in [-0.3, -0.25) is 0 Å². The van der Waals surface area contributed by atoms with Crippen LogP contribution >= 0.6 is 11.8 Å². The number of esters is 1. The van der Waals surface area contributed by atoms with Crippen LogP contribution in [-0.2, 0) is 4.74 Å². The monoisotopic (exact) mass is 280 g/mol. The van der Waals surface area contributed by atoms with Crippen molar-refractivity contribution in [2.24, 2.45) is 0 Å². The first-order valence-corrected chi connectivity index (χ1v) is 7.68. The first kappa shape index (κ1) is 14.1. The predicted octanol–water partition coefficient (Wildman–Crippen LogP) is 2.75. The Bertz CT molecular complexity index is 445. The minimum absolute atomic E-state index is 0.356. The summed E-state index contributed by atoms with van der Waals surface area (Å²) < 4.78 is 4.99. The van der Waals surface area contributed by atoms with Crippen LogP contribution in [0.3, 0.4) is 0 Å². The summed E-state index contributed by atoms with van der Waals surface area (Å²) in [5.41, 5.74) is 7.76. The van der Waals surface area contributed by atoms with E-state index in [1.54, 1.807) is 13.0 Å². The largest absolute Gasteiger partial charge is 0.462 e. The molecule has 0 spiro atoms. The maximum absolute atomic E-state index is 11.7. The van der Waals surface area contributed by atoms with E-state index >= 15 is 0 Å². The van der Waals surface area contributed by atoms with Crippen molar-refractivity contribution in [2.75, 3.05) is 30.0 Å². The van der Waals surface area contributed by atoms with Crippen molar-refractivity contribution in [3.8, 4) is 0 Å². The van der Waals surface area contributed by atoms with E-state index in [9.17, 15) is 4.79 Å². The summed E-state index contributed by atoms with van der Waals surface area (Å²) in [5.74, 6) is 0.879. The molecule has 1 aliphatic heterocycles. The maximum Gasteiger partial charge on any atom is 0.340 e. The Balaban J connectivity index is 2.03. The highest BCUT2D eigenvalue weighted by Gasteiger charge is 2.17. The molecule has 4 nitrogen and oxygen atoms in total. The van der Waals surface area contributed by atoms with Crippen molar-refractivity contribution < 1.29 is 9.53 Å². The molecule has 1 aromatic carbocycles. The summed E-state index contributed by atoms with van der Waals surface area (Å²) in [6, 6.07) is 5.42. The Morgan fingerprint density at radius 3 is 3.11 bits per heavy atom. The first-order valence-electron chi connectivity index (χ1n) is 6.63. The van der Waals surface area contributed by atoms with Gasteiger partial charge in [0.2, 0.25) is 0 Å². The molecule has 0 bridgehead atoms. The molecule has 1 saturated heterocycles. The number of carbonyl (C=O) groups is 1. The molecule has 3 N–H and O–H groups in total. The van der Waals surface area contributed by atoms with Gasteiger partial charge >= 0.3 is 5.97 Å². The topological polar surface area (TPSA) is 64.3 Å². The molecule has 1 aromatic rings. The third-order valence-corrected chi connectivity index (χ3v) is 4.54. The minimum atomic E-state index is -0.362. The molecule has 0 radical (unpaired) electrons. The second-order valence-corrected chi connectivity index (χ2v) is 5.91. The van der Waals surface area contributed by atoms with E-state index in [-0.39, 0.29) is 5.97 Å². The molecule has 1 atom stereocenters. The lowest BCUT2D eigenvalue weighted by Gasteiger charge is -2.15. The highest BCUT2D eigenvalue weighted by molar-refractivity contribution is 8.00. The highest BCUT2D eigenvalue weighted by atomic mass is 32.2. The number of nitrogens with one attached hydrogen (secondary N) is 1. The lowest BCUT2D eigenvalue weighted by Crippen LogP contribution is -2.16. The van der Waals surface area contributed by atoms with Crippen molar-refractivity contribution in [1.29, 1.82) is 0 Å². The number of hydrogen-bond acceptors (Lipinski definition) is 5. The first-order chi connectivity index (χ1) is 9.22. The fourth-order valence-corrected chi connectivity index (χ4v) is 3.34. The molecule has 1 unspecified atom stereocenters. The van der Waals surface area contributed by atoms with Gasteiger partial charge in [0.15, 0.2) is 0 Å². The van der Waals surface area contributed by atoms with Crippen molar-refractivity contribution in [3.05, 3.63) is 23.8 Å². The molecule has 104 valence electrons. The molecule has 2 rings (SSSR count). The fraction of sp³-hybridized carbons (Fsp3) is 0.500. The van der Waals surface area contributed by atoms with Crippen molar-refractivity contribution in [2.45, 2.75) is 25.0 Å². The number of anilines is 2. The molecule has 5 heteroatoms. The van der Waals surface area contributed by atoms with E-state index in [1.807, 2.05) is 23.9 Å². The lowest BCUT2D eigenvalue weighted by molar-refractivity contribution is 0.0527. The van der Waals surface area contributed by atoms with Crippen molar-refractivity contribution in [3.63, 3.8) is 0 Å². The van der Waals surface area contributed by atoms with Gasteiger partial charge in [0.05, 0.1) is 23.5 Å². The fourth-order valence-electron chi connectivity index (χ4n) is 2.14. The van der Waals surface area contributed by atoms with E-state index in [0.29, 0.717) is 23.1 Å². The minimum Gasteiger partial charge on any atom is -0.462 e. The van der Waals surface area contributed by atoms with Gasteiger partial charge in [-0.25, -0.2) is 4.79 Å². The Morgan fingerprint density at radius 2 is 2.42 bits per heavy atom. The molecule has 0 aromatic heterocycles. The summed E-state index contributed by atoms with van der Waals surface area (Å²) in [7, 11) is 0. The SMILES string of the molecule is CCOC(=O)c1cccc(NCC2CCCS2)c1N. The molecule has 19 heavy (non-hydrogen) atoms. The third-order valence-electron chi connectivity index (χ3n) is 3.15. The molecule has 0 amide bonds. The Kier molecular flexibility index (Phi) is 4.96. The third kappa shape index (κ3) is 3.56. The van der Waals surface area contributed by atoms with Gasteiger partial charge in [-0.15, -0.1) is 0 Å². The molecular formula is C14H20N2O2S. The normalized spacial score (nSPS) is 18.3. The zero-order valence-electron chi connectivity index (χ0n) is 11.1. The van der Waals surface area contributed by atoms with Gasteiger partial charge < -0.3 is 15.8 Å². The quantitative estimate of drug-likeness (QED) is 0.641. The molecule has 0 saturated carbocycles. The van der Waals surface area contributed by atoms with Gasteiger partial charge in [-0.2, -0.15) is 11.8 Å². The highest BCUT2D eigenvalue weighted by Crippen LogP contribution is 2.28. The second kappa shape index (κ2) is 6.70. The van der Waals surface area contributed by atoms with Gasteiger partial charge in [-0.05, 0) is 37.7 Å². The zero-order valence-corrected chi connectivity index (χ0v) is 12.0. The average Bonchev–Trinajstić information content (AvgIpc) is 2.91. The predicted molar refractivity (Wildman–Crippen MR) is 80.8 cm³/mol. The maximum atomic E-state index is 11.7. The van der Waals surface area contributed by atoms with Crippen LogP contribution < -0.4 is 11.1 Å². The Labute approximate surface area is 118 Å². The van der Waals surface area contributed by atoms with Crippen LogP contribution in [0.25, 0.3) is 0 Å². The zero-order chi connectivity index (χ0) is 13.7. The van der Waals surface area contributed by atoms with Crippen LogP contribution in [0.4, 0.5) is 11.4 Å². The molecule has 1 fully saturated rings. The van der Waals surface area contributed by atoms with Crippen LogP contribution in [0.5, 0.6) is 0 Å². The van der Waals surface area contributed by atoms with Crippen LogP contribution in [0.1, 0.15) is 30.1 Å². The number of nitrogen functional groups attached to an aromatic ring is 1. The number of benzene rings is 1. The van der Waals surface area contributed by atoms with Gasteiger partial charge in [0, 0.05) is 11.8 Å². The number of para-hydroxylation sites is 1. The molecule has 0 aliphatic carbocycles. The number of rotatable bonds is 5. The number of thioether (sulfide) groups is 1. The smallest absolute Gasteiger partial charge is 0.340 e.